The maximum Gasteiger partial charge on any atom is 0.0948 e. The Morgan fingerprint density at radius 2 is 2.10 bits per heavy atom. The number of aryl methyl sites for hydroxylation is 1. The zero-order valence-corrected chi connectivity index (χ0v) is 15.8. The fourth-order valence-corrected chi connectivity index (χ4v) is 3.63. The lowest BCUT2D eigenvalue weighted by Crippen LogP contribution is -2.27. The van der Waals surface area contributed by atoms with Crippen molar-refractivity contribution in [2.24, 2.45) is 0 Å². The summed E-state index contributed by atoms with van der Waals surface area (Å²) in [6.45, 7) is 5.82. The van der Waals surface area contributed by atoms with E-state index in [4.69, 9.17) is 11.6 Å². The fraction of sp³-hybridized carbons (Fsp3) is 0.429. The van der Waals surface area contributed by atoms with Gasteiger partial charge in [-0.15, -0.1) is 0 Å². The number of halogens is 3. The van der Waals surface area contributed by atoms with Gasteiger partial charge in [0, 0.05) is 21.7 Å². The molecule has 0 aliphatic rings. The predicted molar refractivity (Wildman–Crippen MR) is 92.7 cm³/mol. The second kappa shape index (κ2) is 7.72. The molecule has 2 rings (SSSR count). The normalized spacial score (nSPS) is 12.6. The fourth-order valence-electron chi connectivity index (χ4n) is 2.16. The third-order valence-electron chi connectivity index (χ3n) is 3.11. The van der Waals surface area contributed by atoms with Crippen LogP contribution in [0, 0.1) is 0 Å². The van der Waals surface area contributed by atoms with Gasteiger partial charge in [-0.3, -0.25) is 9.67 Å². The summed E-state index contributed by atoms with van der Waals surface area (Å²) in [5, 5.41) is 8.49. The van der Waals surface area contributed by atoms with Crippen molar-refractivity contribution in [1.82, 2.24) is 20.1 Å². The molecule has 0 bridgehead atoms. The van der Waals surface area contributed by atoms with Crippen molar-refractivity contribution >= 4 is 43.5 Å². The van der Waals surface area contributed by atoms with Crippen molar-refractivity contribution in [1.29, 1.82) is 0 Å². The van der Waals surface area contributed by atoms with Crippen LogP contribution in [0.1, 0.15) is 37.7 Å². The molecule has 0 aliphatic heterocycles. The number of hydrogen-bond donors (Lipinski definition) is 1. The second-order valence-electron chi connectivity index (χ2n) is 4.60. The standard InChI is InChI=1S/C14H17Br2ClN4/c1-3-5-18-13(12-10(16)6-9(15)7-19-12)14-11(17)8-20-21(14)4-2/h6-8,13,18H,3-5H2,1-2H3. The van der Waals surface area contributed by atoms with Crippen LogP contribution in [0.5, 0.6) is 0 Å². The van der Waals surface area contributed by atoms with Gasteiger partial charge in [0.2, 0.25) is 0 Å². The first-order valence-electron chi connectivity index (χ1n) is 6.84. The molecular formula is C14H17Br2ClN4. The van der Waals surface area contributed by atoms with Crippen LogP contribution >= 0.6 is 43.5 Å². The van der Waals surface area contributed by atoms with Crippen molar-refractivity contribution in [3.63, 3.8) is 0 Å². The van der Waals surface area contributed by atoms with Crippen LogP contribution in [0.2, 0.25) is 5.02 Å². The van der Waals surface area contributed by atoms with Gasteiger partial charge in [-0.25, -0.2) is 0 Å². The molecule has 0 saturated carbocycles. The van der Waals surface area contributed by atoms with Crippen LogP contribution in [-0.2, 0) is 6.54 Å². The van der Waals surface area contributed by atoms with Gasteiger partial charge < -0.3 is 5.32 Å². The average molecular weight is 437 g/mol. The number of nitrogens with zero attached hydrogens (tertiary/aromatic N) is 3. The highest BCUT2D eigenvalue weighted by atomic mass is 79.9. The first-order chi connectivity index (χ1) is 10.1. The summed E-state index contributed by atoms with van der Waals surface area (Å²) < 4.78 is 3.78. The molecule has 114 valence electrons. The number of hydrogen-bond acceptors (Lipinski definition) is 3. The molecule has 2 aromatic rings. The number of aromatic nitrogens is 3. The Morgan fingerprint density at radius 3 is 2.71 bits per heavy atom. The SMILES string of the molecule is CCCNC(c1ncc(Br)cc1Br)c1c(Cl)cnn1CC. The summed E-state index contributed by atoms with van der Waals surface area (Å²) in [6.07, 6.45) is 4.51. The molecule has 2 aromatic heterocycles. The molecule has 21 heavy (non-hydrogen) atoms. The number of nitrogens with one attached hydrogen (secondary N) is 1. The Bertz CT molecular complexity index is 615. The molecule has 2 heterocycles. The van der Waals surface area contributed by atoms with E-state index in [9.17, 15) is 0 Å². The van der Waals surface area contributed by atoms with Crippen LogP contribution in [0.4, 0.5) is 0 Å². The van der Waals surface area contributed by atoms with Gasteiger partial charge in [0.15, 0.2) is 0 Å². The maximum atomic E-state index is 6.36. The molecule has 0 spiro atoms. The van der Waals surface area contributed by atoms with E-state index in [1.54, 1.807) is 12.4 Å². The monoisotopic (exact) mass is 434 g/mol. The minimum Gasteiger partial charge on any atom is -0.304 e. The zero-order valence-electron chi connectivity index (χ0n) is 11.9. The summed E-state index contributed by atoms with van der Waals surface area (Å²) in [6, 6.07) is 1.89. The minimum atomic E-state index is -0.0950. The Labute approximate surface area is 146 Å². The third-order valence-corrected chi connectivity index (χ3v) is 4.47. The maximum absolute atomic E-state index is 6.36. The summed E-state index contributed by atoms with van der Waals surface area (Å²) in [5.74, 6) is 0. The lowest BCUT2D eigenvalue weighted by atomic mass is 10.1. The molecule has 4 nitrogen and oxygen atoms in total. The van der Waals surface area contributed by atoms with Crippen molar-refractivity contribution in [2.75, 3.05) is 6.54 Å². The molecule has 1 unspecified atom stereocenters. The van der Waals surface area contributed by atoms with E-state index in [2.05, 4.69) is 54.2 Å². The first kappa shape index (κ1) is 16.9. The number of pyridine rings is 1. The minimum absolute atomic E-state index is 0.0950. The largest absolute Gasteiger partial charge is 0.304 e. The molecule has 1 atom stereocenters. The molecule has 0 saturated heterocycles. The summed E-state index contributed by atoms with van der Waals surface area (Å²) in [7, 11) is 0. The number of rotatable bonds is 6. The highest BCUT2D eigenvalue weighted by Crippen LogP contribution is 2.32. The lowest BCUT2D eigenvalue weighted by Gasteiger charge is -2.21. The van der Waals surface area contributed by atoms with Gasteiger partial charge in [-0.2, -0.15) is 5.10 Å². The van der Waals surface area contributed by atoms with Crippen molar-refractivity contribution in [3.05, 3.63) is 43.8 Å². The Hall–Kier alpha value is -0.430. The lowest BCUT2D eigenvalue weighted by molar-refractivity contribution is 0.520. The van der Waals surface area contributed by atoms with Gasteiger partial charge in [-0.1, -0.05) is 18.5 Å². The Morgan fingerprint density at radius 1 is 1.33 bits per heavy atom. The van der Waals surface area contributed by atoms with Gasteiger partial charge >= 0.3 is 0 Å². The van der Waals surface area contributed by atoms with Crippen LogP contribution in [-0.4, -0.2) is 21.3 Å². The van der Waals surface area contributed by atoms with E-state index < -0.39 is 0 Å². The van der Waals surface area contributed by atoms with E-state index in [1.807, 2.05) is 17.7 Å². The molecule has 0 radical (unpaired) electrons. The molecule has 0 aliphatic carbocycles. The zero-order chi connectivity index (χ0) is 15.4. The van der Waals surface area contributed by atoms with Crippen LogP contribution < -0.4 is 5.32 Å². The van der Waals surface area contributed by atoms with Crippen molar-refractivity contribution in [3.8, 4) is 0 Å². The van der Waals surface area contributed by atoms with E-state index in [0.29, 0.717) is 5.02 Å². The van der Waals surface area contributed by atoms with Gasteiger partial charge in [-0.05, 0) is 57.8 Å². The smallest absolute Gasteiger partial charge is 0.0948 e. The highest BCUT2D eigenvalue weighted by molar-refractivity contribution is 9.11. The topological polar surface area (TPSA) is 42.7 Å². The Balaban J connectivity index is 2.49. The van der Waals surface area contributed by atoms with Crippen molar-refractivity contribution < 1.29 is 0 Å². The Kier molecular flexibility index (Phi) is 6.22. The molecule has 0 fully saturated rings. The second-order valence-corrected chi connectivity index (χ2v) is 6.78. The quantitative estimate of drug-likeness (QED) is 0.722. The predicted octanol–water partition coefficient (Wildman–Crippen LogP) is 4.57. The van der Waals surface area contributed by atoms with Crippen LogP contribution in [0.25, 0.3) is 0 Å². The molecule has 0 amide bonds. The van der Waals surface area contributed by atoms with E-state index in [-0.39, 0.29) is 6.04 Å². The van der Waals surface area contributed by atoms with E-state index in [0.717, 1.165) is 39.8 Å². The van der Waals surface area contributed by atoms with Crippen LogP contribution in [0.15, 0.2) is 27.4 Å². The molecular weight excluding hydrogens is 419 g/mol. The average Bonchev–Trinajstić information content (AvgIpc) is 2.82. The van der Waals surface area contributed by atoms with E-state index >= 15 is 0 Å². The van der Waals surface area contributed by atoms with Crippen LogP contribution in [0.3, 0.4) is 0 Å². The molecule has 7 heteroatoms. The summed E-state index contributed by atoms with van der Waals surface area (Å²) in [4.78, 5) is 4.55. The molecule has 0 aromatic carbocycles. The summed E-state index contributed by atoms with van der Waals surface area (Å²) in [5.41, 5.74) is 1.85. The third kappa shape index (κ3) is 3.86. The van der Waals surface area contributed by atoms with Crippen molar-refractivity contribution in [2.45, 2.75) is 32.9 Å². The first-order valence-corrected chi connectivity index (χ1v) is 8.80. The highest BCUT2D eigenvalue weighted by Gasteiger charge is 2.24. The summed E-state index contributed by atoms with van der Waals surface area (Å²) >= 11 is 13.4. The van der Waals surface area contributed by atoms with Gasteiger partial charge in [0.1, 0.15) is 0 Å². The van der Waals surface area contributed by atoms with Gasteiger partial charge in [0.05, 0.1) is 28.6 Å². The van der Waals surface area contributed by atoms with Gasteiger partial charge in [0.25, 0.3) is 0 Å². The van der Waals surface area contributed by atoms with E-state index in [1.165, 1.54) is 0 Å². The molecule has 1 N–H and O–H groups in total.